The number of rotatable bonds is 3. The lowest BCUT2D eigenvalue weighted by Crippen LogP contribution is -2.27. The molecule has 0 aliphatic heterocycles. The van der Waals surface area contributed by atoms with E-state index in [0.29, 0.717) is 6.54 Å². The van der Waals surface area contributed by atoms with E-state index in [2.05, 4.69) is 9.97 Å². The van der Waals surface area contributed by atoms with Gasteiger partial charge in [-0.25, -0.2) is 4.98 Å². The average molecular weight is 252 g/mol. The minimum Gasteiger partial charge on any atom is -0.392 e. The number of hydrogen-bond acceptors (Lipinski definition) is 4. The molecular formula is C12H14ClN3O. The van der Waals surface area contributed by atoms with Gasteiger partial charge in [0, 0.05) is 19.0 Å². The number of aliphatic hydroxyl groups excluding tert-OH is 1. The Morgan fingerprint density at radius 1 is 1.35 bits per heavy atom. The van der Waals surface area contributed by atoms with Gasteiger partial charge in [0.1, 0.15) is 5.82 Å². The number of anilines is 1. The van der Waals surface area contributed by atoms with Crippen LogP contribution in [0, 0.1) is 0 Å². The number of fused-ring (bicyclic) bond motifs is 1. The zero-order chi connectivity index (χ0) is 12.4. The standard InChI is InChI=1S/C12H14ClN3O/c1-8(17)7-16(2)11-9-5-3-4-6-10(9)14-12(13)15-11/h3-6,8,17H,7H2,1-2H3. The van der Waals surface area contributed by atoms with Crippen LogP contribution in [0.3, 0.4) is 0 Å². The first-order valence-corrected chi connectivity index (χ1v) is 5.77. The number of halogens is 1. The van der Waals surface area contributed by atoms with E-state index in [1.165, 1.54) is 0 Å². The van der Waals surface area contributed by atoms with E-state index < -0.39 is 6.10 Å². The maximum absolute atomic E-state index is 9.41. The molecule has 0 amide bonds. The molecule has 1 heterocycles. The smallest absolute Gasteiger partial charge is 0.224 e. The Hall–Kier alpha value is -1.39. The highest BCUT2D eigenvalue weighted by Gasteiger charge is 2.11. The van der Waals surface area contributed by atoms with Crippen LogP contribution in [0.15, 0.2) is 24.3 Å². The Kier molecular flexibility index (Phi) is 3.45. The number of likely N-dealkylation sites (N-methyl/N-ethyl adjacent to an activating group) is 1. The molecule has 0 aliphatic rings. The second-order valence-electron chi connectivity index (χ2n) is 4.06. The van der Waals surface area contributed by atoms with E-state index in [4.69, 9.17) is 11.6 Å². The van der Waals surface area contributed by atoms with Gasteiger partial charge in [-0.15, -0.1) is 0 Å². The predicted octanol–water partition coefficient (Wildman–Crippen LogP) is 2.10. The second-order valence-corrected chi connectivity index (χ2v) is 4.40. The molecule has 1 N–H and O–H groups in total. The molecule has 5 heteroatoms. The number of aromatic nitrogens is 2. The third kappa shape index (κ3) is 2.65. The van der Waals surface area contributed by atoms with Gasteiger partial charge in [-0.2, -0.15) is 4.98 Å². The molecule has 1 aromatic carbocycles. The minimum absolute atomic E-state index is 0.219. The van der Waals surface area contributed by atoms with Gasteiger partial charge in [0.05, 0.1) is 11.6 Å². The SMILES string of the molecule is CC(O)CN(C)c1nc(Cl)nc2ccccc12. The second kappa shape index (κ2) is 4.85. The maximum Gasteiger partial charge on any atom is 0.224 e. The number of hydrogen-bond donors (Lipinski definition) is 1. The Morgan fingerprint density at radius 2 is 2.06 bits per heavy atom. The minimum atomic E-state index is -0.424. The third-order valence-corrected chi connectivity index (χ3v) is 2.62. The molecule has 0 bridgehead atoms. The molecule has 90 valence electrons. The van der Waals surface area contributed by atoms with E-state index in [1.54, 1.807) is 6.92 Å². The van der Waals surface area contributed by atoms with Gasteiger partial charge in [-0.1, -0.05) is 12.1 Å². The highest BCUT2D eigenvalue weighted by molar-refractivity contribution is 6.28. The summed E-state index contributed by atoms with van der Waals surface area (Å²) < 4.78 is 0. The van der Waals surface area contributed by atoms with Crippen molar-refractivity contribution in [3.05, 3.63) is 29.5 Å². The summed E-state index contributed by atoms with van der Waals surface area (Å²) in [4.78, 5) is 10.3. The van der Waals surface area contributed by atoms with E-state index in [0.717, 1.165) is 16.7 Å². The topological polar surface area (TPSA) is 49.2 Å². The zero-order valence-electron chi connectivity index (χ0n) is 9.76. The van der Waals surface area contributed by atoms with Crippen LogP contribution in [0.5, 0.6) is 0 Å². The molecule has 0 spiro atoms. The number of nitrogens with zero attached hydrogens (tertiary/aromatic N) is 3. The predicted molar refractivity (Wildman–Crippen MR) is 69.5 cm³/mol. The molecule has 1 atom stereocenters. The fourth-order valence-corrected chi connectivity index (χ4v) is 1.98. The van der Waals surface area contributed by atoms with Crippen LogP contribution in [0.25, 0.3) is 10.9 Å². The number of aliphatic hydroxyl groups is 1. The van der Waals surface area contributed by atoms with Crippen LogP contribution in [-0.4, -0.2) is 34.8 Å². The van der Waals surface area contributed by atoms with Gasteiger partial charge >= 0.3 is 0 Å². The lowest BCUT2D eigenvalue weighted by Gasteiger charge is -2.21. The summed E-state index contributed by atoms with van der Waals surface area (Å²) in [6, 6.07) is 7.67. The average Bonchev–Trinajstić information content (AvgIpc) is 2.26. The van der Waals surface area contributed by atoms with Crippen LogP contribution >= 0.6 is 11.6 Å². The van der Waals surface area contributed by atoms with Gasteiger partial charge in [0.2, 0.25) is 5.28 Å². The molecule has 17 heavy (non-hydrogen) atoms. The van der Waals surface area contributed by atoms with Gasteiger partial charge in [0.15, 0.2) is 0 Å². The summed E-state index contributed by atoms with van der Waals surface area (Å²) >= 11 is 5.89. The highest BCUT2D eigenvalue weighted by atomic mass is 35.5. The summed E-state index contributed by atoms with van der Waals surface area (Å²) in [7, 11) is 1.87. The third-order valence-electron chi connectivity index (χ3n) is 2.46. The van der Waals surface area contributed by atoms with Crippen molar-refractivity contribution >= 4 is 28.3 Å². The molecule has 4 nitrogen and oxygen atoms in total. The number of benzene rings is 1. The Bertz CT molecular complexity index is 530. The first-order valence-electron chi connectivity index (χ1n) is 5.39. The highest BCUT2D eigenvalue weighted by Crippen LogP contribution is 2.24. The van der Waals surface area contributed by atoms with Crippen LogP contribution in [-0.2, 0) is 0 Å². The summed E-state index contributed by atoms with van der Waals surface area (Å²) in [6.07, 6.45) is -0.424. The van der Waals surface area contributed by atoms with Crippen molar-refractivity contribution in [1.82, 2.24) is 9.97 Å². The first-order chi connectivity index (χ1) is 8.08. The molecule has 2 aromatic rings. The van der Waals surface area contributed by atoms with Crippen molar-refractivity contribution < 1.29 is 5.11 Å². The Labute approximate surface area is 105 Å². The zero-order valence-corrected chi connectivity index (χ0v) is 10.5. The van der Waals surface area contributed by atoms with Crippen molar-refractivity contribution in [1.29, 1.82) is 0 Å². The van der Waals surface area contributed by atoms with Crippen LogP contribution in [0.4, 0.5) is 5.82 Å². The normalized spacial score (nSPS) is 12.7. The fraction of sp³-hybridized carbons (Fsp3) is 0.333. The molecule has 1 aromatic heterocycles. The van der Waals surface area contributed by atoms with Crippen molar-refractivity contribution in [2.75, 3.05) is 18.5 Å². The fourth-order valence-electron chi connectivity index (χ4n) is 1.81. The quantitative estimate of drug-likeness (QED) is 0.849. The van der Waals surface area contributed by atoms with E-state index in [9.17, 15) is 5.11 Å². The lowest BCUT2D eigenvalue weighted by molar-refractivity contribution is 0.201. The van der Waals surface area contributed by atoms with Gasteiger partial charge in [0.25, 0.3) is 0 Å². The lowest BCUT2D eigenvalue weighted by atomic mass is 10.2. The Morgan fingerprint density at radius 3 is 2.76 bits per heavy atom. The summed E-state index contributed by atoms with van der Waals surface area (Å²) in [5, 5.41) is 10.6. The molecule has 0 saturated carbocycles. The van der Waals surface area contributed by atoms with Gasteiger partial charge in [-0.3, -0.25) is 0 Å². The largest absolute Gasteiger partial charge is 0.392 e. The van der Waals surface area contributed by atoms with E-state index in [1.807, 2.05) is 36.2 Å². The molecule has 0 fully saturated rings. The molecule has 0 saturated heterocycles. The van der Waals surface area contributed by atoms with Crippen molar-refractivity contribution in [3.63, 3.8) is 0 Å². The van der Waals surface area contributed by atoms with Crippen molar-refractivity contribution in [2.45, 2.75) is 13.0 Å². The molecule has 0 aliphatic carbocycles. The molecule has 2 rings (SSSR count). The number of para-hydroxylation sites is 1. The van der Waals surface area contributed by atoms with Crippen molar-refractivity contribution in [2.24, 2.45) is 0 Å². The van der Waals surface area contributed by atoms with E-state index >= 15 is 0 Å². The summed E-state index contributed by atoms with van der Waals surface area (Å²) in [6.45, 7) is 2.23. The maximum atomic E-state index is 9.41. The summed E-state index contributed by atoms with van der Waals surface area (Å²) in [5.74, 6) is 0.738. The van der Waals surface area contributed by atoms with Gasteiger partial charge in [-0.05, 0) is 30.7 Å². The van der Waals surface area contributed by atoms with Crippen LogP contribution in [0.2, 0.25) is 5.28 Å². The first kappa shape index (κ1) is 12.1. The van der Waals surface area contributed by atoms with E-state index in [-0.39, 0.29) is 5.28 Å². The van der Waals surface area contributed by atoms with Gasteiger partial charge < -0.3 is 10.0 Å². The molecule has 1 unspecified atom stereocenters. The van der Waals surface area contributed by atoms with Crippen LogP contribution < -0.4 is 4.90 Å². The van der Waals surface area contributed by atoms with Crippen LogP contribution in [0.1, 0.15) is 6.92 Å². The Balaban J connectivity index is 2.51. The monoisotopic (exact) mass is 251 g/mol. The summed E-state index contributed by atoms with van der Waals surface area (Å²) in [5.41, 5.74) is 0.806. The molecular weight excluding hydrogens is 238 g/mol. The molecule has 0 radical (unpaired) electrons. The van der Waals surface area contributed by atoms with Crippen molar-refractivity contribution in [3.8, 4) is 0 Å².